The molecule has 0 spiro atoms. The largest absolute Gasteiger partial charge is 0.493 e. The Labute approximate surface area is 131 Å². The summed E-state index contributed by atoms with van der Waals surface area (Å²) >= 11 is 6.28. The van der Waals surface area contributed by atoms with Gasteiger partial charge >= 0.3 is 0 Å². The SMILES string of the molecule is CNC(Cc1cc(Cl)cc2c1OCC2)C1CC2CCC1O2. The van der Waals surface area contributed by atoms with E-state index in [1.807, 2.05) is 6.07 Å². The zero-order chi connectivity index (χ0) is 14.4. The molecule has 0 amide bonds. The third kappa shape index (κ3) is 2.45. The van der Waals surface area contributed by atoms with Crippen LogP contribution in [0.25, 0.3) is 0 Å². The average molecular weight is 308 g/mol. The Morgan fingerprint density at radius 2 is 2.29 bits per heavy atom. The molecule has 0 aromatic heterocycles. The molecule has 3 nitrogen and oxygen atoms in total. The van der Waals surface area contributed by atoms with Crippen LogP contribution < -0.4 is 10.1 Å². The van der Waals surface area contributed by atoms with E-state index in [1.165, 1.54) is 30.4 Å². The first-order chi connectivity index (χ1) is 10.2. The molecule has 0 radical (unpaired) electrons. The van der Waals surface area contributed by atoms with E-state index in [0.29, 0.717) is 24.2 Å². The first-order valence-electron chi connectivity index (χ1n) is 8.01. The van der Waals surface area contributed by atoms with Crippen molar-refractivity contribution in [3.63, 3.8) is 0 Å². The lowest BCUT2D eigenvalue weighted by atomic mass is 9.81. The molecule has 2 saturated heterocycles. The minimum atomic E-state index is 0.437. The number of halogens is 1. The zero-order valence-electron chi connectivity index (χ0n) is 12.4. The Balaban J connectivity index is 1.57. The van der Waals surface area contributed by atoms with E-state index >= 15 is 0 Å². The van der Waals surface area contributed by atoms with Crippen LogP contribution >= 0.6 is 11.6 Å². The molecule has 2 fully saturated rings. The van der Waals surface area contributed by atoms with Crippen LogP contribution in [0.2, 0.25) is 5.02 Å². The number of hydrogen-bond acceptors (Lipinski definition) is 3. The molecule has 2 bridgehead atoms. The molecule has 4 rings (SSSR count). The van der Waals surface area contributed by atoms with Gasteiger partial charge in [-0.3, -0.25) is 0 Å². The van der Waals surface area contributed by atoms with Crippen LogP contribution in [-0.2, 0) is 17.6 Å². The van der Waals surface area contributed by atoms with Crippen molar-refractivity contribution in [3.8, 4) is 5.75 Å². The lowest BCUT2D eigenvalue weighted by Crippen LogP contribution is -2.40. The minimum Gasteiger partial charge on any atom is -0.493 e. The molecule has 0 aliphatic carbocycles. The summed E-state index contributed by atoms with van der Waals surface area (Å²) in [5.74, 6) is 1.69. The van der Waals surface area contributed by atoms with Gasteiger partial charge < -0.3 is 14.8 Å². The highest BCUT2D eigenvalue weighted by molar-refractivity contribution is 6.30. The summed E-state index contributed by atoms with van der Waals surface area (Å²) in [6.45, 7) is 0.782. The molecule has 4 unspecified atom stereocenters. The fourth-order valence-electron chi connectivity index (χ4n) is 4.30. The van der Waals surface area contributed by atoms with Crippen molar-refractivity contribution in [3.05, 3.63) is 28.3 Å². The first kappa shape index (κ1) is 13.9. The third-order valence-electron chi connectivity index (χ3n) is 5.31. The minimum absolute atomic E-state index is 0.437. The molecular formula is C17H22ClNO2. The molecule has 21 heavy (non-hydrogen) atoms. The van der Waals surface area contributed by atoms with Crippen LogP contribution in [0.4, 0.5) is 0 Å². The van der Waals surface area contributed by atoms with Gasteiger partial charge in [0.05, 0.1) is 18.8 Å². The summed E-state index contributed by atoms with van der Waals surface area (Å²) < 4.78 is 11.9. The lowest BCUT2D eigenvalue weighted by Gasteiger charge is -2.28. The van der Waals surface area contributed by atoms with Crippen LogP contribution in [0.3, 0.4) is 0 Å². The zero-order valence-corrected chi connectivity index (χ0v) is 13.2. The van der Waals surface area contributed by atoms with Crippen molar-refractivity contribution in [2.45, 2.75) is 50.4 Å². The molecule has 3 aliphatic heterocycles. The summed E-state index contributed by atoms with van der Waals surface area (Å²) in [7, 11) is 2.06. The number of nitrogens with one attached hydrogen (secondary N) is 1. The third-order valence-corrected chi connectivity index (χ3v) is 5.52. The number of rotatable bonds is 4. The van der Waals surface area contributed by atoms with Gasteiger partial charge in [-0.05, 0) is 56.0 Å². The van der Waals surface area contributed by atoms with E-state index in [9.17, 15) is 0 Å². The van der Waals surface area contributed by atoms with Gasteiger partial charge in [-0.15, -0.1) is 0 Å². The summed E-state index contributed by atoms with van der Waals surface area (Å²) in [6.07, 6.45) is 6.55. The molecule has 3 heterocycles. The standard InChI is InChI=1S/C17H22ClNO2/c1-19-15(14-9-13-2-3-16(14)21-13)8-11-7-12(18)6-10-4-5-20-17(10)11/h6-7,13-16,19H,2-5,8-9H2,1H3. The number of benzene rings is 1. The highest BCUT2D eigenvalue weighted by atomic mass is 35.5. The van der Waals surface area contributed by atoms with Gasteiger partial charge in [0.25, 0.3) is 0 Å². The molecule has 3 aliphatic rings. The maximum atomic E-state index is 6.28. The smallest absolute Gasteiger partial charge is 0.125 e. The molecular weight excluding hydrogens is 286 g/mol. The van der Waals surface area contributed by atoms with Crippen LogP contribution in [-0.4, -0.2) is 31.9 Å². The monoisotopic (exact) mass is 307 g/mol. The maximum Gasteiger partial charge on any atom is 0.125 e. The van der Waals surface area contributed by atoms with E-state index in [4.69, 9.17) is 21.1 Å². The Kier molecular flexibility index (Phi) is 3.60. The number of fused-ring (bicyclic) bond motifs is 3. The van der Waals surface area contributed by atoms with Crippen molar-refractivity contribution in [1.29, 1.82) is 0 Å². The number of ether oxygens (including phenoxy) is 2. The number of hydrogen-bond donors (Lipinski definition) is 1. The molecule has 1 aromatic rings. The Morgan fingerprint density at radius 3 is 3.00 bits per heavy atom. The van der Waals surface area contributed by atoms with Crippen molar-refractivity contribution in [1.82, 2.24) is 5.32 Å². The van der Waals surface area contributed by atoms with Crippen LogP contribution in [0.15, 0.2) is 12.1 Å². The quantitative estimate of drug-likeness (QED) is 0.927. The van der Waals surface area contributed by atoms with Gasteiger partial charge in [-0.25, -0.2) is 0 Å². The molecule has 4 atom stereocenters. The summed E-state index contributed by atoms with van der Waals surface area (Å²) in [4.78, 5) is 0. The van der Waals surface area contributed by atoms with Crippen molar-refractivity contribution >= 4 is 11.6 Å². The second-order valence-electron chi connectivity index (χ2n) is 6.52. The fourth-order valence-corrected chi connectivity index (χ4v) is 4.57. The van der Waals surface area contributed by atoms with Gasteiger partial charge in [0.15, 0.2) is 0 Å². The van der Waals surface area contributed by atoms with Gasteiger partial charge in [0, 0.05) is 23.4 Å². The van der Waals surface area contributed by atoms with Crippen molar-refractivity contribution < 1.29 is 9.47 Å². The predicted octanol–water partition coefficient (Wildman–Crippen LogP) is 2.97. The first-order valence-corrected chi connectivity index (χ1v) is 8.39. The average Bonchev–Trinajstić information content (AvgIpc) is 3.19. The highest BCUT2D eigenvalue weighted by Gasteiger charge is 2.44. The fraction of sp³-hybridized carbons (Fsp3) is 0.647. The lowest BCUT2D eigenvalue weighted by molar-refractivity contribution is 0.0863. The van der Waals surface area contributed by atoms with Gasteiger partial charge in [0.1, 0.15) is 5.75 Å². The van der Waals surface area contributed by atoms with Crippen LogP contribution in [0.5, 0.6) is 5.75 Å². The Bertz CT molecular complexity index is 548. The van der Waals surface area contributed by atoms with Crippen molar-refractivity contribution in [2.24, 2.45) is 5.92 Å². The van der Waals surface area contributed by atoms with Gasteiger partial charge in [0.2, 0.25) is 0 Å². The second-order valence-corrected chi connectivity index (χ2v) is 6.96. The number of likely N-dealkylation sites (N-methyl/N-ethyl adjacent to an activating group) is 1. The topological polar surface area (TPSA) is 30.5 Å². The summed E-state index contributed by atoms with van der Waals surface area (Å²) in [5.41, 5.74) is 2.51. The molecule has 0 saturated carbocycles. The molecule has 114 valence electrons. The predicted molar refractivity (Wildman–Crippen MR) is 83.2 cm³/mol. The molecule has 1 N–H and O–H groups in total. The van der Waals surface area contributed by atoms with E-state index in [2.05, 4.69) is 18.4 Å². The van der Waals surface area contributed by atoms with Crippen molar-refractivity contribution in [2.75, 3.05) is 13.7 Å². The Hall–Kier alpha value is -0.770. The van der Waals surface area contributed by atoms with E-state index in [0.717, 1.165) is 30.2 Å². The highest BCUT2D eigenvalue weighted by Crippen LogP contribution is 2.42. The van der Waals surface area contributed by atoms with Crippen LogP contribution in [0, 0.1) is 5.92 Å². The second kappa shape index (κ2) is 5.45. The van der Waals surface area contributed by atoms with E-state index < -0.39 is 0 Å². The maximum absolute atomic E-state index is 6.28. The Morgan fingerprint density at radius 1 is 1.38 bits per heavy atom. The van der Waals surface area contributed by atoms with E-state index in [-0.39, 0.29) is 0 Å². The van der Waals surface area contributed by atoms with Gasteiger partial charge in [-0.2, -0.15) is 0 Å². The molecule has 4 heteroatoms. The molecule has 1 aromatic carbocycles. The summed E-state index contributed by atoms with van der Waals surface area (Å²) in [5, 5.41) is 4.34. The van der Waals surface area contributed by atoms with E-state index in [1.54, 1.807) is 0 Å². The summed E-state index contributed by atoms with van der Waals surface area (Å²) in [6, 6.07) is 4.55. The van der Waals surface area contributed by atoms with Gasteiger partial charge in [-0.1, -0.05) is 11.6 Å². The normalized spacial score (nSPS) is 31.2. The van der Waals surface area contributed by atoms with Crippen LogP contribution in [0.1, 0.15) is 30.4 Å².